The van der Waals surface area contributed by atoms with Gasteiger partial charge in [0.2, 0.25) is 17.7 Å². The van der Waals surface area contributed by atoms with Crippen LogP contribution in [0.2, 0.25) is 0 Å². The highest BCUT2D eigenvalue weighted by molar-refractivity contribution is 6.27. The second-order valence-electron chi connectivity index (χ2n) is 2.58. The van der Waals surface area contributed by atoms with Crippen LogP contribution in [0.25, 0.3) is 0 Å². The average Bonchev–Trinajstić information content (AvgIpc) is 2.51. The molecule has 13 heavy (non-hydrogen) atoms. The topological polar surface area (TPSA) is 68.0 Å². The van der Waals surface area contributed by atoms with Crippen LogP contribution in [0, 0.1) is 6.92 Å². The van der Waals surface area contributed by atoms with Crippen molar-refractivity contribution in [1.82, 2.24) is 15.5 Å². The second-order valence-corrected chi connectivity index (χ2v) is 2.85. The molecule has 1 amide bonds. The summed E-state index contributed by atoms with van der Waals surface area (Å²) in [6.07, 6.45) is 0. The zero-order valence-electron chi connectivity index (χ0n) is 7.37. The van der Waals surface area contributed by atoms with Gasteiger partial charge >= 0.3 is 0 Å². The van der Waals surface area contributed by atoms with Crippen molar-refractivity contribution < 1.29 is 9.21 Å². The lowest BCUT2D eigenvalue weighted by atomic mass is 10.3. The normalized spacial score (nSPS) is 12.5. The highest BCUT2D eigenvalue weighted by atomic mass is 35.5. The zero-order chi connectivity index (χ0) is 9.84. The molecule has 0 aliphatic carbocycles. The molecular weight excluding hydrogens is 194 g/mol. The van der Waals surface area contributed by atoms with Crippen LogP contribution in [0.4, 0.5) is 0 Å². The Bertz CT molecular complexity index is 300. The quantitative estimate of drug-likeness (QED) is 0.738. The summed E-state index contributed by atoms with van der Waals surface area (Å²) in [4.78, 5) is 10.9. The molecule has 1 unspecified atom stereocenters. The lowest BCUT2D eigenvalue weighted by Gasteiger charge is -2.07. The van der Waals surface area contributed by atoms with E-state index in [0.29, 0.717) is 11.8 Å². The van der Waals surface area contributed by atoms with Gasteiger partial charge in [-0.15, -0.1) is 21.8 Å². The summed E-state index contributed by atoms with van der Waals surface area (Å²) < 4.78 is 5.11. The Labute approximate surface area is 80.5 Å². The molecule has 0 aliphatic heterocycles. The first kappa shape index (κ1) is 9.98. The van der Waals surface area contributed by atoms with Crippen molar-refractivity contribution in [1.29, 1.82) is 0 Å². The minimum absolute atomic E-state index is 0.0720. The number of aromatic nitrogens is 2. The third-order valence-corrected chi connectivity index (χ3v) is 1.65. The molecule has 1 heterocycles. The van der Waals surface area contributed by atoms with Crippen LogP contribution in [-0.2, 0) is 4.79 Å². The largest absolute Gasteiger partial charge is 0.423 e. The van der Waals surface area contributed by atoms with E-state index in [1.54, 1.807) is 13.8 Å². The van der Waals surface area contributed by atoms with Crippen molar-refractivity contribution >= 4 is 17.5 Å². The van der Waals surface area contributed by atoms with Gasteiger partial charge in [0.15, 0.2) is 0 Å². The van der Waals surface area contributed by atoms with E-state index >= 15 is 0 Å². The van der Waals surface area contributed by atoms with Crippen LogP contribution in [0.1, 0.15) is 24.7 Å². The number of amides is 1. The third kappa shape index (κ3) is 2.69. The third-order valence-electron chi connectivity index (χ3n) is 1.41. The van der Waals surface area contributed by atoms with E-state index in [1.165, 1.54) is 0 Å². The van der Waals surface area contributed by atoms with Crippen molar-refractivity contribution in [3.05, 3.63) is 11.8 Å². The summed E-state index contributed by atoms with van der Waals surface area (Å²) >= 11 is 5.31. The van der Waals surface area contributed by atoms with Crippen molar-refractivity contribution in [3.8, 4) is 0 Å². The molecule has 5 nitrogen and oxygen atoms in total. The SMILES string of the molecule is Cc1nnc(C(C)NC(=O)CCl)o1. The van der Waals surface area contributed by atoms with Crippen LogP contribution in [0.15, 0.2) is 4.42 Å². The molecule has 1 rings (SSSR count). The predicted octanol–water partition coefficient (Wildman–Crippen LogP) is 0.794. The Kier molecular flexibility index (Phi) is 3.25. The minimum Gasteiger partial charge on any atom is -0.423 e. The van der Waals surface area contributed by atoms with Crippen LogP contribution < -0.4 is 5.32 Å². The van der Waals surface area contributed by atoms with Gasteiger partial charge < -0.3 is 9.73 Å². The minimum atomic E-state index is -0.299. The number of hydrogen-bond acceptors (Lipinski definition) is 4. The van der Waals surface area contributed by atoms with Crippen molar-refractivity contribution in [2.75, 3.05) is 5.88 Å². The van der Waals surface area contributed by atoms with Gasteiger partial charge in [0, 0.05) is 6.92 Å². The first-order valence-electron chi connectivity index (χ1n) is 3.79. The van der Waals surface area contributed by atoms with Gasteiger partial charge in [-0.1, -0.05) is 0 Å². The molecule has 1 aromatic heterocycles. The Morgan fingerprint density at radius 3 is 2.85 bits per heavy atom. The van der Waals surface area contributed by atoms with Crippen molar-refractivity contribution in [3.63, 3.8) is 0 Å². The Morgan fingerprint density at radius 1 is 1.69 bits per heavy atom. The van der Waals surface area contributed by atoms with Crippen molar-refractivity contribution in [2.24, 2.45) is 0 Å². The average molecular weight is 204 g/mol. The van der Waals surface area contributed by atoms with E-state index in [-0.39, 0.29) is 17.8 Å². The lowest BCUT2D eigenvalue weighted by molar-refractivity contribution is -0.119. The van der Waals surface area contributed by atoms with Gasteiger partial charge in [0.05, 0.1) is 0 Å². The maximum atomic E-state index is 10.9. The van der Waals surface area contributed by atoms with E-state index in [2.05, 4.69) is 15.5 Å². The van der Waals surface area contributed by atoms with Gasteiger partial charge in [0.1, 0.15) is 11.9 Å². The standard InChI is InChI=1S/C7H10ClN3O2/c1-4(9-6(12)3-8)7-11-10-5(2)13-7/h4H,3H2,1-2H3,(H,9,12). The van der Waals surface area contributed by atoms with Gasteiger partial charge in [-0.25, -0.2) is 0 Å². The van der Waals surface area contributed by atoms with Gasteiger partial charge in [-0.3, -0.25) is 4.79 Å². The molecule has 6 heteroatoms. The molecule has 0 saturated carbocycles. The molecule has 0 spiro atoms. The first-order chi connectivity index (χ1) is 6.13. The summed E-state index contributed by atoms with van der Waals surface area (Å²) in [5.74, 6) is 0.528. The van der Waals surface area contributed by atoms with Crippen LogP contribution in [0.5, 0.6) is 0 Å². The number of alkyl halides is 1. The number of carbonyl (C=O) groups excluding carboxylic acids is 1. The fourth-order valence-electron chi connectivity index (χ4n) is 0.829. The number of nitrogens with zero attached hydrogens (tertiary/aromatic N) is 2. The number of nitrogens with one attached hydrogen (secondary N) is 1. The zero-order valence-corrected chi connectivity index (χ0v) is 8.13. The van der Waals surface area contributed by atoms with E-state index in [4.69, 9.17) is 16.0 Å². The van der Waals surface area contributed by atoms with E-state index in [1.807, 2.05) is 0 Å². The maximum Gasteiger partial charge on any atom is 0.238 e. The molecule has 0 aliphatic rings. The molecule has 0 aromatic carbocycles. The summed E-state index contributed by atoms with van der Waals surface area (Å²) in [6, 6.07) is -0.299. The summed E-state index contributed by atoms with van der Waals surface area (Å²) in [6.45, 7) is 3.43. The Hall–Kier alpha value is -1.10. The van der Waals surface area contributed by atoms with Crippen LogP contribution in [-0.4, -0.2) is 22.0 Å². The molecule has 0 saturated heterocycles. The number of hydrogen-bond donors (Lipinski definition) is 1. The number of carbonyl (C=O) groups is 1. The van der Waals surface area contributed by atoms with Gasteiger partial charge in [-0.05, 0) is 6.92 Å². The van der Waals surface area contributed by atoms with Crippen LogP contribution >= 0.6 is 11.6 Å². The second kappa shape index (κ2) is 4.23. The van der Waals surface area contributed by atoms with E-state index < -0.39 is 0 Å². The number of aryl methyl sites for hydroxylation is 1. The lowest BCUT2D eigenvalue weighted by Crippen LogP contribution is -2.27. The molecule has 1 atom stereocenters. The van der Waals surface area contributed by atoms with E-state index in [0.717, 1.165) is 0 Å². The van der Waals surface area contributed by atoms with E-state index in [9.17, 15) is 4.79 Å². The summed E-state index contributed by atoms with van der Waals surface area (Å²) in [5.41, 5.74) is 0. The number of rotatable bonds is 3. The Morgan fingerprint density at radius 2 is 2.38 bits per heavy atom. The molecule has 72 valence electrons. The molecule has 1 aromatic rings. The molecule has 0 bridgehead atoms. The fraction of sp³-hybridized carbons (Fsp3) is 0.571. The molecule has 0 fully saturated rings. The monoisotopic (exact) mass is 203 g/mol. The number of halogens is 1. The van der Waals surface area contributed by atoms with Crippen LogP contribution in [0.3, 0.4) is 0 Å². The summed E-state index contributed by atoms with van der Waals surface area (Å²) in [7, 11) is 0. The van der Waals surface area contributed by atoms with Gasteiger partial charge in [-0.2, -0.15) is 0 Å². The molecular formula is C7H10ClN3O2. The fourth-order valence-corrected chi connectivity index (χ4v) is 0.906. The first-order valence-corrected chi connectivity index (χ1v) is 4.32. The smallest absolute Gasteiger partial charge is 0.238 e. The Balaban J connectivity index is 2.58. The highest BCUT2D eigenvalue weighted by Crippen LogP contribution is 2.09. The maximum absolute atomic E-state index is 10.9. The molecule has 0 radical (unpaired) electrons. The summed E-state index contributed by atoms with van der Waals surface area (Å²) in [5, 5.41) is 9.99. The van der Waals surface area contributed by atoms with Gasteiger partial charge in [0.25, 0.3) is 0 Å². The van der Waals surface area contributed by atoms with Crippen molar-refractivity contribution in [2.45, 2.75) is 19.9 Å². The predicted molar refractivity (Wildman–Crippen MR) is 46.3 cm³/mol. The highest BCUT2D eigenvalue weighted by Gasteiger charge is 2.13. The molecule has 1 N–H and O–H groups in total.